The minimum Gasteiger partial charge on any atom is -0.348 e. The molecule has 18 heavy (non-hydrogen) atoms. The topological polar surface area (TPSA) is 46.9 Å². The average Bonchev–Trinajstić information content (AvgIpc) is 2.69. The number of aromatic nitrogens is 2. The Labute approximate surface area is 114 Å². The molecule has 0 bridgehead atoms. The lowest BCUT2D eigenvalue weighted by molar-refractivity contribution is 0.0914. The predicted molar refractivity (Wildman–Crippen MR) is 74.1 cm³/mol. The van der Waals surface area contributed by atoms with E-state index < -0.39 is 0 Å². The lowest BCUT2D eigenvalue weighted by Gasteiger charge is -2.21. The molecule has 0 saturated heterocycles. The Bertz CT molecular complexity index is 401. The maximum atomic E-state index is 12.2. The summed E-state index contributed by atoms with van der Waals surface area (Å²) in [5, 5.41) is 7.32. The van der Waals surface area contributed by atoms with Gasteiger partial charge in [-0.3, -0.25) is 9.48 Å². The SMILES string of the molecule is CCn1nc(C)cc1C(=O)NC(CCCl)C(C)C. The first kappa shape index (κ1) is 15.0. The van der Waals surface area contributed by atoms with Crippen LogP contribution in [0.25, 0.3) is 0 Å². The highest BCUT2D eigenvalue weighted by Crippen LogP contribution is 2.10. The van der Waals surface area contributed by atoms with Crippen molar-refractivity contribution < 1.29 is 4.79 Å². The Balaban J connectivity index is 2.79. The van der Waals surface area contributed by atoms with E-state index in [9.17, 15) is 4.79 Å². The van der Waals surface area contributed by atoms with Gasteiger partial charge in [0.1, 0.15) is 5.69 Å². The third-order valence-corrected chi connectivity index (χ3v) is 3.19. The molecule has 0 aliphatic heterocycles. The van der Waals surface area contributed by atoms with E-state index in [4.69, 9.17) is 11.6 Å². The second kappa shape index (κ2) is 6.78. The summed E-state index contributed by atoms with van der Waals surface area (Å²) < 4.78 is 1.72. The van der Waals surface area contributed by atoms with Crippen LogP contribution in [0.15, 0.2) is 6.07 Å². The standard InChI is InChI=1S/C13H22ClN3O/c1-5-17-12(8-10(4)16-17)13(18)15-11(6-7-14)9(2)3/h8-9,11H,5-7H2,1-4H3,(H,15,18). The maximum absolute atomic E-state index is 12.2. The highest BCUT2D eigenvalue weighted by Gasteiger charge is 2.19. The molecule has 1 amide bonds. The third kappa shape index (κ3) is 3.73. The van der Waals surface area contributed by atoms with Crippen LogP contribution in [0.2, 0.25) is 0 Å². The Morgan fingerprint density at radius 2 is 2.22 bits per heavy atom. The maximum Gasteiger partial charge on any atom is 0.269 e. The summed E-state index contributed by atoms with van der Waals surface area (Å²) in [7, 11) is 0. The van der Waals surface area contributed by atoms with Crippen molar-refractivity contribution in [2.45, 2.75) is 46.7 Å². The van der Waals surface area contributed by atoms with Gasteiger partial charge in [0.2, 0.25) is 0 Å². The van der Waals surface area contributed by atoms with E-state index in [-0.39, 0.29) is 11.9 Å². The van der Waals surface area contributed by atoms with Gasteiger partial charge in [-0.1, -0.05) is 13.8 Å². The Morgan fingerprint density at radius 1 is 1.56 bits per heavy atom. The molecule has 1 aromatic heterocycles. The van der Waals surface area contributed by atoms with E-state index in [2.05, 4.69) is 24.3 Å². The summed E-state index contributed by atoms with van der Waals surface area (Å²) in [5.74, 6) is 0.850. The van der Waals surface area contributed by atoms with Gasteiger partial charge in [-0.25, -0.2) is 0 Å². The van der Waals surface area contributed by atoms with Gasteiger partial charge in [0.05, 0.1) is 5.69 Å². The molecule has 1 heterocycles. The summed E-state index contributed by atoms with van der Waals surface area (Å²) in [6.07, 6.45) is 0.782. The largest absolute Gasteiger partial charge is 0.348 e. The van der Waals surface area contributed by atoms with Crippen molar-refractivity contribution in [3.05, 3.63) is 17.5 Å². The van der Waals surface area contributed by atoms with Crippen molar-refractivity contribution in [2.24, 2.45) is 5.92 Å². The Hall–Kier alpha value is -1.03. The van der Waals surface area contributed by atoms with E-state index >= 15 is 0 Å². The van der Waals surface area contributed by atoms with E-state index in [0.717, 1.165) is 12.1 Å². The molecule has 0 aromatic carbocycles. The normalized spacial score (nSPS) is 12.8. The third-order valence-electron chi connectivity index (χ3n) is 2.98. The molecule has 0 aliphatic rings. The number of carbonyl (C=O) groups excluding carboxylic acids is 1. The molecule has 1 atom stereocenters. The van der Waals surface area contributed by atoms with Crippen molar-refractivity contribution in [2.75, 3.05) is 5.88 Å². The number of alkyl halides is 1. The minimum atomic E-state index is -0.0683. The van der Waals surface area contributed by atoms with E-state index in [0.29, 0.717) is 24.0 Å². The molecule has 1 N–H and O–H groups in total. The Morgan fingerprint density at radius 3 is 2.72 bits per heavy atom. The molecular formula is C13H22ClN3O. The number of nitrogens with one attached hydrogen (secondary N) is 1. The number of rotatable bonds is 6. The molecule has 0 radical (unpaired) electrons. The summed E-state index contributed by atoms with van der Waals surface area (Å²) >= 11 is 5.76. The molecular weight excluding hydrogens is 250 g/mol. The van der Waals surface area contributed by atoms with Crippen molar-refractivity contribution in [3.63, 3.8) is 0 Å². The number of aryl methyl sites for hydroxylation is 2. The van der Waals surface area contributed by atoms with Gasteiger partial charge in [-0.2, -0.15) is 5.10 Å². The van der Waals surface area contributed by atoms with Crippen LogP contribution in [0.3, 0.4) is 0 Å². The first-order valence-corrected chi connectivity index (χ1v) is 6.94. The molecule has 1 unspecified atom stereocenters. The van der Waals surface area contributed by atoms with E-state index in [1.807, 2.05) is 19.9 Å². The summed E-state index contributed by atoms with van der Waals surface area (Å²) in [6.45, 7) is 8.72. The van der Waals surface area contributed by atoms with Crippen molar-refractivity contribution in [1.82, 2.24) is 15.1 Å². The quantitative estimate of drug-likeness (QED) is 0.809. The number of amides is 1. The van der Waals surface area contributed by atoms with Crippen molar-refractivity contribution in [1.29, 1.82) is 0 Å². The van der Waals surface area contributed by atoms with Gasteiger partial charge in [0, 0.05) is 18.5 Å². The highest BCUT2D eigenvalue weighted by atomic mass is 35.5. The highest BCUT2D eigenvalue weighted by molar-refractivity contribution is 6.17. The van der Waals surface area contributed by atoms with Crippen LogP contribution < -0.4 is 5.32 Å². The average molecular weight is 272 g/mol. The predicted octanol–water partition coefficient (Wildman–Crippen LogP) is 2.59. The first-order valence-electron chi connectivity index (χ1n) is 6.40. The van der Waals surface area contributed by atoms with Crippen LogP contribution in [-0.2, 0) is 6.54 Å². The minimum absolute atomic E-state index is 0.0683. The molecule has 102 valence electrons. The van der Waals surface area contributed by atoms with E-state index in [1.165, 1.54) is 0 Å². The summed E-state index contributed by atoms with van der Waals surface area (Å²) in [5.41, 5.74) is 1.48. The molecule has 0 aliphatic carbocycles. The van der Waals surface area contributed by atoms with Crippen LogP contribution >= 0.6 is 11.6 Å². The molecule has 1 aromatic rings. The fraction of sp³-hybridized carbons (Fsp3) is 0.692. The zero-order valence-electron chi connectivity index (χ0n) is 11.5. The van der Waals surface area contributed by atoms with Crippen LogP contribution in [0.4, 0.5) is 0 Å². The molecule has 1 rings (SSSR count). The summed E-state index contributed by atoms with van der Waals surface area (Å²) in [4.78, 5) is 12.2. The van der Waals surface area contributed by atoms with Crippen molar-refractivity contribution in [3.8, 4) is 0 Å². The fourth-order valence-corrected chi connectivity index (χ4v) is 2.14. The lowest BCUT2D eigenvalue weighted by atomic mass is 10.0. The van der Waals surface area contributed by atoms with E-state index in [1.54, 1.807) is 4.68 Å². The molecule has 0 spiro atoms. The monoisotopic (exact) mass is 271 g/mol. The van der Waals surface area contributed by atoms with Gasteiger partial charge in [0.15, 0.2) is 0 Å². The fourth-order valence-electron chi connectivity index (χ4n) is 1.90. The zero-order chi connectivity index (χ0) is 13.7. The molecule has 0 saturated carbocycles. The van der Waals surface area contributed by atoms with Gasteiger partial charge in [-0.15, -0.1) is 11.6 Å². The number of hydrogen-bond donors (Lipinski definition) is 1. The first-order chi connectivity index (χ1) is 8.49. The number of hydrogen-bond acceptors (Lipinski definition) is 2. The summed E-state index contributed by atoms with van der Waals surface area (Å²) in [6, 6.07) is 1.92. The van der Waals surface area contributed by atoms with Crippen LogP contribution in [0.5, 0.6) is 0 Å². The Kier molecular flexibility index (Phi) is 5.66. The molecule has 5 heteroatoms. The number of nitrogens with zero attached hydrogens (tertiary/aromatic N) is 2. The second-order valence-corrected chi connectivity index (χ2v) is 5.17. The van der Waals surface area contributed by atoms with Gasteiger partial charge >= 0.3 is 0 Å². The number of halogens is 1. The van der Waals surface area contributed by atoms with Crippen LogP contribution in [-0.4, -0.2) is 27.6 Å². The van der Waals surface area contributed by atoms with Crippen LogP contribution in [0, 0.1) is 12.8 Å². The zero-order valence-corrected chi connectivity index (χ0v) is 12.3. The number of carbonyl (C=O) groups is 1. The van der Waals surface area contributed by atoms with Gasteiger partial charge < -0.3 is 5.32 Å². The molecule has 4 nitrogen and oxygen atoms in total. The van der Waals surface area contributed by atoms with Crippen LogP contribution in [0.1, 0.15) is 43.4 Å². The van der Waals surface area contributed by atoms with Gasteiger partial charge in [-0.05, 0) is 32.3 Å². The lowest BCUT2D eigenvalue weighted by Crippen LogP contribution is -2.39. The van der Waals surface area contributed by atoms with Crippen molar-refractivity contribution >= 4 is 17.5 Å². The second-order valence-electron chi connectivity index (χ2n) is 4.79. The molecule has 0 fully saturated rings. The smallest absolute Gasteiger partial charge is 0.269 e. The van der Waals surface area contributed by atoms with Gasteiger partial charge in [0.25, 0.3) is 5.91 Å².